The van der Waals surface area contributed by atoms with Gasteiger partial charge in [-0.1, -0.05) is 0 Å². The zero-order valence-electron chi connectivity index (χ0n) is 8.35. The molecule has 0 aliphatic heterocycles. The van der Waals surface area contributed by atoms with Crippen LogP contribution in [-0.4, -0.2) is 24.9 Å². The Morgan fingerprint density at radius 1 is 1.41 bits per heavy atom. The van der Waals surface area contributed by atoms with Crippen molar-refractivity contribution in [3.63, 3.8) is 0 Å². The van der Waals surface area contributed by atoms with Crippen molar-refractivity contribution in [3.8, 4) is 0 Å². The van der Waals surface area contributed by atoms with Crippen LogP contribution >= 0.6 is 11.8 Å². The molecular weight excluding hydrogens is 244 g/mol. The minimum Gasteiger partial charge on any atom is -0.368 e. The Morgan fingerprint density at radius 3 is 2.88 bits per heavy atom. The van der Waals surface area contributed by atoms with Crippen LogP contribution in [0.15, 0.2) is 34.8 Å². The standard InChI is InChI=1S/C8H6N6O2S/c9-8-11-3-5(14(15)16)7(13-8)17-6-1-2-10-4-12-6/h1-4H,(H2,9,11,13). The van der Waals surface area contributed by atoms with E-state index in [1.54, 1.807) is 6.07 Å². The second kappa shape index (κ2) is 4.70. The molecule has 0 saturated carbocycles. The van der Waals surface area contributed by atoms with Crippen molar-refractivity contribution in [2.24, 2.45) is 0 Å². The van der Waals surface area contributed by atoms with Gasteiger partial charge in [0.05, 0.1) is 4.92 Å². The first-order valence-corrected chi connectivity index (χ1v) is 5.19. The molecule has 2 heterocycles. The van der Waals surface area contributed by atoms with E-state index in [1.165, 1.54) is 12.5 Å². The number of anilines is 1. The molecule has 9 heteroatoms. The smallest absolute Gasteiger partial charge is 0.320 e. The number of nitro groups is 1. The number of hydrogen-bond donors (Lipinski definition) is 1. The fraction of sp³-hybridized carbons (Fsp3) is 0. The molecule has 0 saturated heterocycles. The molecule has 86 valence electrons. The van der Waals surface area contributed by atoms with Gasteiger partial charge in [-0.2, -0.15) is 4.98 Å². The Kier molecular flexibility index (Phi) is 3.10. The SMILES string of the molecule is Nc1ncc([N+](=O)[O-])c(Sc2ccncn2)n1. The largest absolute Gasteiger partial charge is 0.368 e. The molecule has 2 rings (SSSR count). The first-order valence-electron chi connectivity index (χ1n) is 4.37. The van der Waals surface area contributed by atoms with Crippen LogP contribution in [-0.2, 0) is 0 Å². The lowest BCUT2D eigenvalue weighted by atomic mass is 10.5. The van der Waals surface area contributed by atoms with Gasteiger partial charge in [0.25, 0.3) is 0 Å². The van der Waals surface area contributed by atoms with Gasteiger partial charge in [-0.25, -0.2) is 15.0 Å². The Morgan fingerprint density at radius 2 is 2.24 bits per heavy atom. The Bertz CT molecular complexity index is 549. The predicted molar refractivity (Wildman–Crippen MR) is 59.3 cm³/mol. The summed E-state index contributed by atoms with van der Waals surface area (Å²) in [5.41, 5.74) is 5.18. The van der Waals surface area contributed by atoms with Gasteiger partial charge in [-0.05, 0) is 17.8 Å². The molecule has 0 fully saturated rings. The maximum atomic E-state index is 10.8. The fourth-order valence-electron chi connectivity index (χ4n) is 1.01. The van der Waals surface area contributed by atoms with E-state index in [2.05, 4.69) is 19.9 Å². The molecule has 0 aromatic carbocycles. The molecule has 0 unspecified atom stereocenters. The van der Waals surface area contributed by atoms with Crippen LogP contribution in [0.3, 0.4) is 0 Å². The fourth-order valence-corrected chi connectivity index (χ4v) is 1.81. The molecule has 0 aliphatic carbocycles. The van der Waals surface area contributed by atoms with E-state index < -0.39 is 4.92 Å². The molecule has 17 heavy (non-hydrogen) atoms. The second-order valence-corrected chi connectivity index (χ2v) is 3.83. The van der Waals surface area contributed by atoms with E-state index >= 15 is 0 Å². The number of rotatable bonds is 3. The van der Waals surface area contributed by atoms with Gasteiger partial charge >= 0.3 is 5.69 Å². The van der Waals surface area contributed by atoms with E-state index in [4.69, 9.17) is 5.73 Å². The average molecular weight is 250 g/mol. The normalized spacial score (nSPS) is 10.1. The number of nitrogen functional groups attached to an aromatic ring is 1. The van der Waals surface area contributed by atoms with E-state index in [9.17, 15) is 10.1 Å². The molecule has 2 aromatic rings. The highest BCUT2D eigenvalue weighted by Gasteiger charge is 2.18. The first kappa shape index (κ1) is 11.2. The van der Waals surface area contributed by atoms with Crippen LogP contribution in [0.1, 0.15) is 0 Å². The molecule has 0 radical (unpaired) electrons. The third-order valence-electron chi connectivity index (χ3n) is 1.71. The second-order valence-electron chi connectivity index (χ2n) is 2.83. The molecule has 0 spiro atoms. The van der Waals surface area contributed by atoms with Crippen molar-refractivity contribution in [2.45, 2.75) is 10.1 Å². The van der Waals surface area contributed by atoms with Crippen molar-refractivity contribution in [1.82, 2.24) is 19.9 Å². The summed E-state index contributed by atoms with van der Waals surface area (Å²) >= 11 is 1.03. The van der Waals surface area contributed by atoms with Crippen LogP contribution < -0.4 is 5.73 Å². The molecule has 0 atom stereocenters. The Hall–Kier alpha value is -2.29. The monoisotopic (exact) mass is 250 g/mol. The average Bonchev–Trinajstić information content (AvgIpc) is 2.30. The molecule has 8 nitrogen and oxygen atoms in total. The molecule has 0 amide bonds. The summed E-state index contributed by atoms with van der Waals surface area (Å²) in [6.45, 7) is 0. The lowest BCUT2D eigenvalue weighted by Crippen LogP contribution is -2.00. The third kappa shape index (κ3) is 2.64. The van der Waals surface area contributed by atoms with Gasteiger partial charge < -0.3 is 5.73 Å². The lowest BCUT2D eigenvalue weighted by Gasteiger charge is -2.01. The summed E-state index contributed by atoms with van der Waals surface area (Å²) in [7, 11) is 0. The van der Waals surface area contributed by atoms with E-state index in [1.807, 2.05) is 0 Å². The zero-order valence-corrected chi connectivity index (χ0v) is 9.16. The van der Waals surface area contributed by atoms with Crippen LogP contribution in [0.2, 0.25) is 0 Å². The highest BCUT2D eigenvalue weighted by atomic mass is 32.2. The number of nitrogens with two attached hydrogens (primary N) is 1. The number of hydrogen-bond acceptors (Lipinski definition) is 8. The number of nitrogens with zero attached hydrogens (tertiary/aromatic N) is 5. The van der Waals surface area contributed by atoms with Crippen molar-refractivity contribution in [2.75, 3.05) is 5.73 Å². The maximum Gasteiger partial charge on any atom is 0.320 e. The van der Waals surface area contributed by atoms with Gasteiger partial charge in [0.15, 0.2) is 5.03 Å². The first-order chi connectivity index (χ1) is 8.16. The van der Waals surface area contributed by atoms with Crippen molar-refractivity contribution >= 4 is 23.4 Å². The van der Waals surface area contributed by atoms with Gasteiger partial charge in [-0.15, -0.1) is 0 Å². The maximum absolute atomic E-state index is 10.8. The summed E-state index contributed by atoms with van der Waals surface area (Å²) in [5, 5.41) is 11.5. The van der Waals surface area contributed by atoms with E-state index in [-0.39, 0.29) is 16.7 Å². The molecule has 2 aromatic heterocycles. The summed E-state index contributed by atoms with van der Waals surface area (Å²) in [4.78, 5) is 25.3. The summed E-state index contributed by atoms with van der Waals surface area (Å²) in [6.07, 6.45) is 3.95. The molecule has 2 N–H and O–H groups in total. The number of aromatic nitrogens is 4. The third-order valence-corrected chi connectivity index (χ3v) is 2.65. The Balaban J connectivity index is 2.37. The van der Waals surface area contributed by atoms with Gasteiger partial charge in [-0.3, -0.25) is 10.1 Å². The topological polar surface area (TPSA) is 121 Å². The quantitative estimate of drug-likeness (QED) is 0.484. The van der Waals surface area contributed by atoms with Crippen molar-refractivity contribution < 1.29 is 4.92 Å². The molecule has 0 bridgehead atoms. The highest BCUT2D eigenvalue weighted by Crippen LogP contribution is 2.31. The minimum absolute atomic E-state index is 0.0212. The summed E-state index contributed by atoms with van der Waals surface area (Å²) in [5.74, 6) is -0.0212. The predicted octanol–water partition coefficient (Wildman–Crippen LogP) is 0.908. The van der Waals surface area contributed by atoms with Crippen molar-refractivity contribution in [3.05, 3.63) is 34.9 Å². The van der Waals surface area contributed by atoms with Gasteiger partial charge in [0.1, 0.15) is 17.6 Å². The van der Waals surface area contributed by atoms with Gasteiger partial charge in [0.2, 0.25) is 5.95 Å². The Labute approximate surface area is 99.5 Å². The summed E-state index contributed by atoms with van der Waals surface area (Å²) in [6, 6.07) is 1.62. The van der Waals surface area contributed by atoms with Crippen LogP contribution in [0.5, 0.6) is 0 Å². The zero-order chi connectivity index (χ0) is 12.3. The van der Waals surface area contributed by atoms with Crippen molar-refractivity contribution in [1.29, 1.82) is 0 Å². The lowest BCUT2D eigenvalue weighted by molar-refractivity contribution is -0.388. The molecule has 0 aliphatic rings. The van der Waals surface area contributed by atoms with E-state index in [0.29, 0.717) is 5.03 Å². The van der Waals surface area contributed by atoms with Crippen LogP contribution in [0.4, 0.5) is 11.6 Å². The van der Waals surface area contributed by atoms with Gasteiger partial charge in [0, 0.05) is 6.20 Å². The minimum atomic E-state index is -0.567. The highest BCUT2D eigenvalue weighted by molar-refractivity contribution is 7.99. The van der Waals surface area contributed by atoms with Crippen LogP contribution in [0.25, 0.3) is 0 Å². The van der Waals surface area contributed by atoms with E-state index in [0.717, 1.165) is 18.0 Å². The van der Waals surface area contributed by atoms with Crippen LogP contribution in [0, 0.1) is 10.1 Å². The summed E-state index contributed by atoms with van der Waals surface area (Å²) < 4.78 is 0. The molecular formula is C8H6N6O2S.